The molecule has 2 N–H and O–H groups in total. The van der Waals surface area contributed by atoms with Crippen LogP contribution in [0.15, 0.2) is 0 Å². The van der Waals surface area contributed by atoms with E-state index in [0.717, 1.165) is 25.7 Å². The quantitative estimate of drug-likeness (QED) is 0.255. The fraction of sp³-hybridized carbons (Fsp3) is 0.826. The number of alkyl carbamates (subject to hydrolysis) is 1. The summed E-state index contributed by atoms with van der Waals surface area (Å²) in [6.07, 6.45) is 4.79. The molecule has 4 atom stereocenters. The summed E-state index contributed by atoms with van der Waals surface area (Å²) in [7, 11) is 0. The monoisotopic (exact) mass is 468 g/mol. The van der Waals surface area contributed by atoms with Gasteiger partial charge in [0.05, 0.1) is 32.2 Å². The van der Waals surface area contributed by atoms with Crippen LogP contribution in [0.1, 0.15) is 65.7 Å². The average Bonchev–Trinajstić information content (AvgIpc) is 3.51. The summed E-state index contributed by atoms with van der Waals surface area (Å²) < 4.78 is 9.95. The fourth-order valence-electron chi connectivity index (χ4n) is 5.61. The first-order valence-corrected chi connectivity index (χ1v) is 12.0. The third-order valence-corrected chi connectivity index (χ3v) is 8.00. The summed E-state index contributed by atoms with van der Waals surface area (Å²) in [6.45, 7) is 6.70. The highest BCUT2D eigenvalue weighted by atomic mass is 16.6. The Bertz CT molecular complexity index is 746. The van der Waals surface area contributed by atoms with Crippen molar-refractivity contribution in [3.63, 3.8) is 0 Å². The van der Waals surface area contributed by atoms with E-state index in [1.54, 1.807) is 0 Å². The highest BCUT2D eigenvalue weighted by Crippen LogP contribution is 2.44. The Kier molecular flexibility index (Phi) is 8.13. The molecule has 186 valence electrons. The number of ether oxygens (including phenoxy) is 2. The van der Waals surface area contributed by atoms with Gasteiger partial charge >= 0.3 is 18.0 Å². The molecule has 33 heavy (non-hydrogen) atoms. The number of carbonyl (C=O) groups excluding carboxylic acids is 4. The van der Waals surface area contributed by atoms with E-state index in [4.69, 9.17) is 9.47 Å². The second kappa shape index (κ2) is 10.5. The minimum atomic E-state index is -0.887. The van der Waals surface area contributed by atoms with Crippen LogP contribution in [0.25, 0.3) is 0 Å². The van der Waals surface area contributed by atoms with Gasteiger partial charge in [0.25, 0.3) is 0 Å². The molecule has 1 saturated carbocycles. The molecule has 10 nitrogen and oxygen atoms in total. The first kappa shape index (κ1) is 25.6. The van der Waals surface area contributed by atoms with Crippen molar-refractivity contribution < 1.29 is 38.3 Å². The van der Waals surface area contributed by atoms with Crippen molar-refractivity contribution in [3.05, 3.63) is 0 Å². The zero-order valence-corrected chi connectivity index (χ0v) is 20.0. The van der Waals surface area contributed by atoms with E-state index in [9.17, 15) is 24.4 Å². The predicted octanol–water partition coefficient (Wildman–Crippen LogP) is 2.83. The van der Waals surface area contributed by atoms with Crippen LogP contribution in [0.3, 0.4) is 0 Å². The van der Waals surface area contributed by atoms with Crippen molar-refractivity contribution in [1.29, 1.82) is 0 Å². The number of imide groups is 2. The highest BCUT2D eigenvalue weighted by molar-refractivity contribution is 5.94. The maximum absolute atomic E-state index is 14.1. The summed E-state index contributed by atoms with van der Waals surface area (Å²) in [5, 5.41) is 12.7. The van der Waals surface area contributed by atoms with Crippen molar-refractivity contribution in [2.75, 3.05) is 26.3 Å². The molecular weight excluding hydrogens is 430 g/mol. The topological polar surface area (TPSA) is 122 Å². The van der Waals surface area contributed by atoms with Crippen LogP contribution in [0.4, 0.5) is 9.59 Å². The molecule has 0 aromatic rings. The number of nitrogens with one attached hydrogen (secondary N) is 1. The minimum absolute atomic E-state index is 0.177. The van der Waals surface area contributed by atoms with Gasteiger partial charge in [-0.05, 0) is 19.3 Å². The molecule has 3 rings (SSSR count). The largest absolute Gasteiger partial charge is 0.443 e. The number of hydroxylamine groups is 2. The van der Waals surface area contributed by atoms with Crippen molar-refractivity contribution in [1.82, 2.24) is 10.4 Å². The molecule has 10 heteroatoms. The van der Waals surface area contributed by atoms with Crippen LogP contribution in [-0.4, -0.2) is 77.6 Å². The normalized spacial score (nSPS) is 30.1. The SMILES string of the molecule is C[C@@H]1C(C)(C)CC[N+]1(C(=O)NC(=O)O[C@H]1CCOC1)C(=O)[C@H](CC1CCCC1)CN(O)C=O. The molecule has 1 aliphatic carbocycles. The van der Waals surface area contributed by atoms with E-state index < -0.39 is 34.7 Å². The van der Waals surface area contributed by atoms with Crippen LogP contribution >= 0.6 is 0 Å². The van der Waals surface area contributed by atoms with Crippen LogP contribution < -0.4 is 5.32 Å². The minimum Gasteiger partial charge on any atom is -0.443 e. The van der Waals surface area contributed by atoms with E-state index in [2.05, 4.69) is 5.32 Å². The molecule has 2 aliphatic heterocycles. The smallest absolute Gasteiger partial charge is 0.433 e. The lowest BCUT2D eigenvalue weighted by Gasteiger charge is -2.38. The summed E-state index contributed by atoms with van der Waals surface area (Å²) in [4.78, 5) is 51.2. The number of hydrogen-bond donors (Lipinski definition) is 2. The number of rotatable bonds is 7. The van der Waals surface area contributed by atoms with Gasteiger partial charge in [-0.25, -0.2) is 24.8 Å². The van der Waals surface area contributed by atoms with Gasteiger partial charge in [0, 0.05) is 18.3 Å². The maximum atomic E-state index is 14.1. The van der Waals surface area contributed by atoms with Gasteiger partial charge in [0.15, 0.2) is 0 Å². The van der Waals surface area contributed by atoms with Crippen LogP contribution in [-0.2, 0) is 19.1 Å². The third kappa shape index (κ3) is 5.55. The zero-order valence-electron chi connectivity index (χ0n) is 20.0. The lowest BCUT2D eigenvalue weighted by molar-refractivity contribution is -0.791. The molecule has 2 heterocycles. The maximum Gasteiger partial charge on any atom is 0.433 e. The molecule has 0 spiro atoms. The van der Waals surface area contributed by atoms with Crippen molar-refractivity contribution in [2.24, 2.45) is 17.3 Å². The molecule has 0 bridgehead atoms. The average molecular weight is 469 g/mol. The predicted molar refractivity (Wildman–Crippen MR) is 117 cm³/mol. The Balaban J connectivity index is 1.85. The van der Waals surface area contributed by atoms with Crippen LogP contribution in [0.5, 0.6) is 0 Å². The summed E-state index contributed by atoms with van der Waals surface area (Å²) >= 11 is 0. The van der Waals surface area contributed by atoms with Gasteiger partial charge in [-0.3, -0.25) is 10.0 Å². The second-order valence-corrected chi connectivity index (χ2v) is 10.5. The Morgan fingerprint density at radius 1 is 1.27 bits per heavy atom. The standard InChI is InChI=1S/C23H37N3O7/c1-16-23(2,3)9-10-26(16,21(29)24-22(30)33-19-8-11-32-14-19)20(28)18(13-25(31)15-27)12-17-6-4-5-7-17/h15-19,31H,4-14H2,1-3H3/p+1/t16-,18-,19+,26?/m1/s1. The van der Waals surface area contributed by atoms with Gasteiger partial charge in [-0.2, -0.15) is 4.48 Å². The second-order valence-electron chi connectivity index (χ2n) is 10.5. The molecule has 5 amide bonds. The number of urea groups is 1. The van der Waals surface area contributed by atoms with Gasteiger partial charge in [0.1, 0.15) is 12.1 Å². The van der Waals surface area contributed by atoms with Gasteiger partial charge < -0.3 is 9.47 Å². The van der Waals surface area contributed by atoms with Gasteiger partial charge in [-0.15, -0.1) is 0 Å². The Labute approximate surface area is 195 Å². The molecule has 3 aliphatic rings. The molecule has 0 radical (unpaired) electrons. The Morgan fingerprint density at radius 3 is 2.52 bits per heavy atom. The Hall–Kier alpha value is -2.04. The van der Waals surface area contributed by atoms with Crippen LogP contribution in [0.2, 0.25) is 0 Å². The molecule has 0 aromatic carbocycles. The highest BCUT2D eigenvalue weighted by Gasteiger charge is 2.61. The van der Waals surface area contributed by atoms with E-state index in [1.807, 2.05) is 20.8 Å². The number of carbonyl (C=O) groups is 4. The summed E-state index contributed by atoms with van der Waals surface area (Å²) in [6, 6.07) is -1.11. The lowest BCUT2D eigenvalue weighted by atomic mass is 9.84. The number of likely N-dealkylation sites (tertiary alicyclic amines) is 1. The molecular formula is C23H38N3O7+. The first-order valence-electron chi connectivity index (χ1n) is 12.0. The zero-order chi connectivity index (χ0) is 24.2. The number of quaternary nitrogens is 1. The van der Waals surface area contributed by atoms with E-state index in [1.165, 1.54) is 0 Å². The molecule has 3 fully saturated rings. The number of amides is 5. The van der Waals surface area contributed by atoms with Crippen LogP contribution in [0, 0.1) is 17.3 Å². The lowest BCUT2D eigenvalue weighted by Crippen LogP contribution is -2.67. The Morgan fingerprint density at radius 2 is 1.97 bits per heavy atom. The number of hydrogen-bond acceptors (Lipinski definition) is 7. The van der Waals surface area contributed by atoms with Gasteiger partial charge in [0.2, 0.25) is 6.41 Å². The van der Waals surface area contributed by atoms with Crippen molar-refractivity contribution >= 4 is 24.4 Å². The van der Waals surface area contributed by atoms with Gasteiger partial charge in [-0.1, -0.05) is 39.5 Å². The molecule has 1 unspecified atom stereocenters. The van der Waals surface area contributed by atoms with Crippen molar-refractivity contribution in [3.8, 4) is 0 Å². The summed E-state index contributed by atoms with van der Waals surface area (Å²) in [5.41, 5.74) is -0.322. The number of nitrogens with zero attached hydrogens (tertiary/aromatic N) is 2. The molecule has 0 aromatic heterocycles. The third-order valence-electron chi connectivity index (χ3n) is 8.00. The van der Waals surface area contributed by atoms with E-state index in [0.29, 0.717) is 36.9 Å². The van der Waals surface area contributed by atoms with E-state index in [-0.39, 0.29) is 37.4 Å². The van der Waals surface area contributed by atoms with E-state index >= 15 is 0 Å². The molecule has 2 saturated heterocycles. The fourth-order valence-corrected chi connectivity index (χ4v) is 5.61. The van der Waals surface area contributed by atoms with Crippen molar-refractivity contribution in [2.45, 2.75) is 77.9 Å². The summed E-state index contributed by atoms with van der Waals surface area (Å²) in [5.74, 6) is -0.777. The first-order chi connectivity index (χ1) is 15.6.